The van der Waals surface area contributed by atoms with Gasteiger partial charge in [-0.1, -0.05) is 0 Å². The van der Waals surface area contributed by atoms with Gasteiger partial charge in [0.1, 0.15) is 11.6 Å². The Morgan fingerprint density at radius 3 is 2.19 bits per heavy atom. The van der Waals surface area contributed by atoms with E-state index in [1.165, 1.54) is 12.1 Å². The van der Waals surface area contributed by atoms with Gasteiger partial charge < -0.3 is 10.5 Å². The van der Waals surface area contributed by atoms with Crippen LogP contribution in [-0.4, -0.2) is 12.7 Å². The summed E-state index contributed by atoms with van der Waals surface area (Å²) in [5.41, 5.74) is 6.04. The molecule has 1 aromatic carbocycles. The van der Waals surface area contributed by atoms with E-state index in [1.807, 2.05) is 0 Å². The highest BCUT2D eigenvalue weighted by Crippen LogP contribution is 2.43. The number of hydrogen-bond donors (Lipinski definition) is 1. The van der Waals surface area contributed by atoms with Crippen molar-refractivity contribution in [2.24, 2.45) is 5.73 Å². The molecule has 1 saturated carbocycles. The Hall–Kier alpha value is -1.00. The van der Waals surface area contributed by atoms with Crippen LogP contribution in [0, 0.1) is 11.6 Å². The summed E-state index contributed by atoms with van der Waals surface area (Å²) in [5, 5.41) is 0. The third-order valence-electron chi connectivity index (χ3n) is 3.42. The lowest BCUT2D eigenvalue weighted by Crippen LogP contribution is -2.48. The zero-order valence-electron chi connectivity index (χ0n) is 9.17. The fourth-order valence-electron chi connectivity index (χ4n) is 2.23. The molecular weight excluding hydrogens is 212 g/mol. The maximum atomic E-state index is 13.1. The van der Waals surface area contributed by atoms with Gasteiger partial charge in [-0.3, -0.25) is 0 Å². The van der Waals surface area contributed by atoms with Gasteiger partial charge >= 0.3 is 0 Å². The van der Waals surface area contributed by atoms with Crippen molar-refractivity contribution in [3.05, 3.63) is 35.4 Å². The van der Waals surface area contributed by atoms with Gasteiger partial charge in [-0.2, -0.15) is 0 Å². The molecule has 0 saturated heterocycles. The van der Waals surface area contributed by atoms with Crippen molar-refractivity contribution in [3.63, 3.8) is 0 Å². The van der Waals surface area contributed by atoms with Gasteiger partial charge in [0.25, 0.3) is 0 Å². The molecule has 1 aliphatic carbocycles. The van der Waals surface area contributed by atoms with Gasteiger partial charge in [-0.25, -0.2) is 8.78 Å². The summed E-state index contributed by atoms with van der Waals surface area (Å²) in [4.78, 5) is 0. The Balaban J connectivity index is 2.29. The first kappa shape index (κ1) is 11.5. The van der Waals surface area contributed by atoms with Crippen LogP contribution in [0.4, 0.5) is 8.78 Å². The molecule has 16 heavy (non-hydrogen) atoms. The average Bonchev–Trinajstić information content (AvgIpc) is 2.15. The molecule has 1 aliphatic rings. The topological polar surface area (TPSA) is 35.2 Å². The fourth-order valence-corrected chi connectivity index (χ4v) is 2.23. The van der Waals surface area contributed by atoms with E-state index in [2.05, 4.69) is 0 Å². The van der Waals surface area contributed by atoms with E-state index in [0.717, 1.165) is 25.3 Å². The predicted octanol–water partition coefficient (Wildman–Crippen LogP) is 2.53. The maximum Gasteiger partial charge on any atom is 0.126 e. The quantitative estimate of drug-likeness (QED) is 0.861. The van der Waals surface area contributed by atoms with Crippen LogP contribution in [0.2, 0.25) is 0 Å². The minimum atomic E-state index is -0.601. The number of hydrogen-bond acceptors (Lipinski definition) is 2. The Morgan fingerprint density at radius 2 is 1.81 bits per heavy atom. The largest absolute Gasteiger partial charge is 0.376 e. The smallest absolute Gasteiger partial charge is 0.126 e. The molecule has 2 nitrogen and oxygen atoms in total. The Morgan fingerprint density at radius 1 is 1.25 bits per heavy atom. The van der Waals surface area contributed by atoms with Crippen molar-refractivity contribution in [1.82, 2.24) is 0 Å². The van der Waals surface area contributed by atoms with Crippen LogP contribution in [0.15, 0.2) is 18.2 Å². The second kappa shape index (κ2) is 4.11. The summed E-state index contributed by atoms with van der Waals surface area (Å²) in [7, 11) is 1.59. The van der Waals surface area contributed by atoms with Gasteiger partial charge in [-0.05, 0) is 37.0 Å². The molecule has 0 heterocycles. The molecule has 0 amide bonds. The van der Waals surface area contributed by atoms with Crippen LogP contribution in [0.5, 0.6) is 0 Å². The minimum absolute atomic E-state index is 0.444. The first-order chi connectivity index (χ1) is 7.57. The first-order valence-electron chi connectivity index (χ1n) is 5.34. The highest BCUT2D eigenvalue weighted by Gasteiger charge is 2.43. The van der Waals surface area contributed by atoms with E-state index in [-0.39, 0.29) is 0 Å². The number of halogens is 2. The third-order valence-corrected chi connectivity index (χ3v) is 3.42. The van der Waals surface area contributed by atoms with Crippen molar-refractivity contribution in [2.45, 2.75) is 30.9 Å². The van der Waals surface area contributed by atoms with Crippen LogP contribution in [0.1, 0.15) is 30.9 Å². The van der Waals surface area contributed by atoms with Crippen molar-refractivity contribution < 1.29 is 13.5 Å². The molecule has 4 heteroatoms. The van der Waals surface area contributed by atoms with E-state index in [9.17, 15) is 8.78 Å². The molecular formula is C12H15F2NO. The van der Waals surface area contributed by atoms with Crippen LogP contribution < -0.4 is 5.73 Å². The maximum absolute atomic E-state index is 13.1. The first-order valence-corrected chi connectivity index (χ1v) is 5.34. The average molecular weight is 227 g/mol. The second-order valence-electron chi connectivity index (χ2n) is 4.30. The molecule has 0 radical (unpaired) electrons. The Bertz CT molecular complexity index is 365. The summed E-state index contributed by atoms with van der Waals surface area (Å²) in [6.07, 6.45) is 2.71. The van der Waals surface area contributed by atoms with E-state index in [0.29, 0.717) is 5.56 Å². The molecule has 0 aliphatic heterocycles. The van der Waals surface area contributed by atoms with Crippen molar-refractivity contribution in [2.75, 3.05) is 7.11 Å². The SMILES string of the molecule is COC1(C(N)c2cc(F)cc(F)c2)CCC1. The summed E-state index contributed by atoms with van der Waals surface area (Å²) >= 11 is 0. The highest BCUT2D eigenvalue weighted by atomic mass is 19.1. The molecule has 0 aromatic heterocycles. The van der Waals surface area contributed by atoms with E-state index in [1.54, 1.807) is 7.11 Å². The lowest BCUT2D eigenvalue weighted by molar-refractivity contribution is -0.0912. The summed E-state index contributed by atoms with van der Waals surface area (Å²) in [6.45, 7) is 0. The van der Waals surface area contributed by atoms with Crippen molar-refractivity contribution in [3.8, 4) is 0 Å². The van der Waals surface area contributed by atoms with E-state index >= 15 is 0 Å². The van der Waals surface area contributed by atoms with Crippen LogP contribution in [0.3, 0.4) is 0 Å². The van der Waals surface area contributed by atoms with Gasteiger partial charge in [0.2, 0.25) is 0 Å². The summed E-state index contributed by atoms with van der Waals surface area (Å²) in [6, 6.07) is 2.91. The molecule has 1 atom stereocenters. The summed E-state index contributed by atoms with van der Waals surface area (Å²) < 4.78 is 31.5. The van der Waals surface area contributed by atoms with Crippen LogP contribution in [0.25, 0.3) is 0 Å². The lowest BCUT2D eigenvalue weighted by atomic mass is 9.72. The molecule has 1 unspecified atom stereocenters. The van der Waals surface area contributed by atoms with Crippen LogP contribution in [-0.2, 0) is 4.74 Å². The molecule has 2 N–H and O–H groups in total. The number of benzene rings is 1. The number of nitrogens with two attached hydrogens (primary N) is 1. The Labute approximate surface area is 93.4 Å². The van der Waals surface area contributed by atoms with Crippen molar-refractivity contribution in [1.29, 1.82) is 0 Å². The molecule has 1 aromatic rings. The normalized spacial score (nSPS) is 20.2. The molecule has 1 fully saturated rings. The van der Waals surface area contributed by atoms with Crippen molar-refractivity contribution >= 4 is 0 Å². The zero-order chi connectivity index (χ0) is 11.8. The standard InChI is InChI=1S/C12H15F2NO/c1-16-12(3-2-4-12)11(15)8-5-9(13)7-10(14)6-8/h5-7,11H,2-4,15H2,1H3. The molecule has 2 rings (SSSR count). The molecule has 0 spiro atoms. The van der Waals surface area contributed by atoms with E-state index in [4.69, 9.17) is 10.5 Å². The highest BCUT2D eigenvalue weighted by molar-refractivity contribution is 5.25. The van der Waals surface area contributed by atoms with Gasteiger partial charge in [-0.15, -0.1) is 0 Å². The lowest BCUT2D eigenvalue weighted by Gasteiger charge is -2.45. The summed E-state index contributed by atoms with van der Waals surface area (Å²) in [5.74, 6) is -1.20. The minimum Gasteiger partial charge on any atom is -0.376 e. The van der Waals surface area contributed by atoms with Gasteiger partial charge in [0.15, 0.2) is 0 Å². The Kier molecular flexibility index (Phi) is 2.95. The number of methoxy groups -OCH3 is 1. The van der Waals surface area contributed by atoms with Gasteiger partial charge in [0.05, 0.1) is 11.6 Å². The van der Waals surface area contributed by atoms with Gasteiger partial charge in [0, 0.05) is 13.2 Å². The number of rotatable bonds is 3. The predicted molar refractivity (Wildman–Crippen MR) is 56.9 cm³/mol. The number of ether oxygens (including phenoxy) is 1. The fraction of sp³-hybridized carbons (Fsp3) is 0.500. The van der Waals surface area contributed by atoms with E-state index < -0.39 is 23.3 Å². The second-order valence-corrected chi connectivity index (χ2v) is 4.30. The molecule has 88 valence electrons. The molecule has 0 bridgehead atoms. The zero-order valence-corrected chi connectivity index (χ0v) is 9.17. The van der Waals surface area contributed by atoms with Crippen LogP contribution >= 0.6 is 0 Å². The third kappa shape index (κ3) is 1.83. The monoisotopic (exact) mass is 227 g/mol.